The molecule has 2 unspecified atom stereocenters. The molecule has 0 spiro atoms. The second-order valence-corrected chi connectivity index (χ2v) is 7.03. The zero-order valence-electron chi connectivity index (χ0n) is 13.8. The van der Waals surface area contributed by atoms with Crippen molar-refractivity contribution in [2.45, 2.75) is 50.4 Å². The van der Waals surface area contributed by atoms with E-state index in [1.54, 1.807) is 0 Å². The lowest BCUT2D eigenvalue weighted by atomic mass is 10.0. The maximum absolute atomic E-state index is 10.1. The van der Waals surface area contributed by atoms with Crippen LogP contribution in [0.15, 0.2) is 30.5 Å². The van der Waals surface area contributed by atoms with Crippen LogP contribution in [0.3, 0.4) is 0 Å². The minimum atomic E-state index is -0.120. The van der Waals surface area contributed by atoms with E-state index in [0.29, 0.717) is 6.04 Å². The first-order valence-corrected chi connectivity index (χ1v) is 8.85. The highest BCUT2D eigenvalue weighted by Gasteiger charge is 2.33. The second kappa shape index (κ2) is 6.17. The maximum Gasteiger partial charge on any atom is 0.129 e. The number of hydrogen-bond donors (Lipinski definition) is 1. The largest absolute Gasteiger partial charge is 0.490 e. The van der Waals surface area contributed by atoms with E-state index in [2.05, 4.69) is 47.0 Å². The van der Waals surface area contributed by atoms with Crippen LogP contribution in [0, 0.1) is 0 Å². The molecule has 0 radical (unpaired) electrons. The highest BCUT2D eigenvalue weighted by Crippen LogP contribution is 2.31. The Morgan fingerprint density at radius 3 is 2.65 bits per heavy atom. The number of aromatic nitrogens is 1. The van der Waals surface area contributed by atoms with Crippen molar-refractivity contribution in [1.29, 1.82) is 0 Å². The lowest BCUT2D eigenvalue weighted by molar-refractivity contribution is 0.0289. The number of benzene rings is 1. The van der Waals surface area contributed by atoms with Gasteiger partial charge < -0.3 is 14.4 Å². The molecule has 1 aliphatic heterocycles. The summed E-state index contributed by atoms with van der Waals surface area (Å²) in [7, 11) is 2.07. The van der Waals surface area contributed by atoms with E-state index in [-0.39, 0.29) is 12.2 Å². The minimum absolute atomic E-state index is 0.120. The molecule has 4 rings (SSSR count). The molecule has 2 fully saturated rings. The number of aliphatic hydroxyl groups excluding tert-OH is 1. The topological polar surface area (TPSA) is 37.6 Å². The van der Waals surface area contributed by atoms with Gasteiger partial charge in [-0.05, 0) is 50.3 Å². The number of aryl methyl sites for hydroxylation is 1. The minimum Gasteiger partial charge on any atom is -0.490 e. The average Bonchev–Trinajstić information content (AvgIpc) is 3.16. The van der Waals surface area contributed by atoms with Crippen LogP contribution in [-0.2, 0) is 7.05 Å². The van der Waals surface area contributed by atoms with Crippen molar-refractivity contribution in [2.75, 3.05) is 13.1 Å². The van der Waals surface area contributed by atoms with Crippen molar-refractivity contribution >= 4 is 10.9 Å². The number of hydrogen-bond acceptors (Lipinski definition) is 3. The lowest BCUT2D eigenvalue weighted by Crippen LogP contribution is -2.47. The number of piperidine rings is 1. The summed E-state index contributed by atoms with van der Waals surface area (Å²) in [4.78, 5) is 2.47. The summed E-state index contributed by atoms with van der Waals surface area (Å²) in [5, 5.41) is 11.3. The molecule has 4 nitrogen and oxygen atoms in total. The average molecular weight is 314 g/mol. The third-order valence-electron chi connectivity index (χ3n) is 5.57. The molecule has 0 amide bonds. The van der Waals surface area contributed by atoms with Crippen LogP contribution in [0.4, 0.5) is 0 Å². The lowest BCUT2D eigenvalue weighted by Gasteiger charge is -2.37. The van der Waals surface area contributed by atoms with Gasteiger partial charge >= 0.3 is 0 Å². The number of nitrogens with zero attached hydrogens (tertiary/aromatic N) is 2. The molecule has 1 saturated heterocycles. The molecular formula is C19H26N2O2. The Morgan fingerprint density at radius 2 is 1.91 bits per heavy atom. The zero-order valence-corrected chi connectivity index (χ0v) is 13.8. The van der Waals surface area contributed by atoms with Gasteiger partial charge in [-0.1, -0.05) is 6.07 Å². The van der Waals surface area contributed by atoms with E-state index in [1.165, 1.54) is 10.9 Å². The number of fused-ring (bicyclic) bond motifs is 1. The Balaban J connectivity index is 1.41. The van der Waals surface area contributed by atoms with Crippen molar-refractivity contribution in [3.63, 3.8) is 0 Å². The first-order chi connectivity index (χ1) is 11.2. The van der Waals surface area contributed by atoms with Crippen LogP contribution in [0.1, 0.15) is 32.1 Å². The number of ether oxygens (including phenoxy) is 1. The van der Waals surface area contributed by atoms with Gasteiger partial charge in [0.1, 0.15) is 11.9 Å². The number of likely N-dealkylation sites (tertiary alicyclic amines) is 1. The molecule has 4 heteroatoms. The first-order valence-electron chi connectivity index (χ1n) is 8.85. The molecule has 1 N–H and O–H groups in total. The van der Waals surface area contributed by atoms with Gasteiger partial charge in [0.05, 0.1) is 11.6 Å². The molecule has 124 valence electrons. The fourth-order valence-corrected chi connectivity index (χ4v) is 4.23. The Hall–Kier alpha value is -1.52. The van der Waals surface area contributed by atoms with Gasteiger partial charge in [0.2, 0.25) is 0 Å². The van der Waals surface area contributed by atoms with E-state index >= 15 is 0 Å². The Morgan fingerprint density at radius 1 is 1.09 bits per heavy atom. The molecule has 2 atom stereocenters. The Bertz CT molecular complexity index is 673. The quantitative estimate of drug-likeness (QED) is 0.946. The maximum atomic E-state index is 10.1. The molecule has 2 aliphatic rings. The zero-order chi connectivity index (χ0) is 15.8. The van der Waals surface area contributed by atoms with Crippen molar-refractivity contribution in [3.05, 3.63) is 30.5 Å². The van der Waals surface area contributed by atoms with Gasteiger partial charge in [-0.2, -0.15) is 0 Å². The summed E-state index contributed by atoms with van der Waals surface area (Å²) in [5.41, 5.74) is 1.22. The molecule has 1 aromatic heterocycles. The highest BCUT2D eigenvalue weighted by atomic mass is 16.5. The van der Waals surface area contributed by atoms with Crippen molar-refractivity contribution in [2.24, 2.45) is 7.05 Å². The molecule has 1 aliphatic carbocycles. The third-order valence-corrected chi connectivity index (χ3v) is 5.57. The molecule has 1 saturated carbocycles. The summed E-state index contributed by atoms with van der Waals surface area (Å²) in [5.74, 6) is 1.00. The van der Waals surface area contributed by atoms with Crippen molar-refractivity contribution in [1.82, 2.24) is 9.47 Å². The van der Waals surface area contributed by atoms with E-state index in [1.807, 2.05) is 0 Å². The molecule has 2 aromatic rings. The smallest absolute Gasteiger partial charge is 0.129 e. The van der Waals surface area contributed by atoms with E-state index in [9.17, 15) is 5.11 Å². The van der Waals surface area contributed by atoms with Crippen LogP contribution in [0.2, 0.25) is 0 Å². The van der Waals surface area contributed by atoms with Crippen LogP contribution >= 0.6 is 0 Å². The third kappa shape index (κ3) is 2.86. The molecule has 23 heavy (non-hydrogen) atoms. The standard InChI is InChI=1S/C19H26N2O2/c1-20-11-10-15-16(20)4-3-7-19(15)23-14-8-12-21(13-9-14)17-5-2-6-18(17)22/h3-4,7,10-11,14,17-18,22H,2,5-6,8-9,12-13H2,1H3. The van der Waals surface area contributed by atoms with Gasteiger partial charge in [-0.15, -0.1) is 0 Å². The van der Waals surface area contributed by atoms with Crippen LogP contribution in [0.25, 0.3) is 10.9 Å². The van der Waals surface area contributed by atoms with Gasteiger partial charge in [-0.3, -0.25) is 4.90 Å². The summed E-state index contributed by atoms with van der Waals surface area (Å²) in [6.45, 7) is 2.08. The Kier molecular flexibility index (Phi) is 4.04. The SMILES string of the molecule is Cn1ccc2c(OC3CCN(C4CCCC4O)CC3)cccc21. The van der Waals surface area contributed by atoms with Gasteiger partial charge in [0, 0.05) is 37.8 Å². The van der Waals surface area contributed by atoms with Gasteiger partial charge in [-0.25, -0.2) is 0 Å². The van der Waals surface area contributed by atoms with Crippen molar-refractivity contribution in [3.8, 4) is 5.75 Å². The van der Waals surface area contributed by atoms with Crippen LogP contribution < -0.4 is 4.74 Å². The summed E-state index contributed by atoms with van der Waals surface area (Å²) in [6, 6.07) is 8.80. The predicted molar refractivity (Wildman–Crippen MR) is 91.8 cm³/mol. The summed E-state index contributed by atoms with van der Waals surface area (Å²) >= 11 is 0. The molecule has 1 aromatic carbocycles. The monoisotopic (exact) mass is 314 g/mol. The van der Waals surface area contributed by atoms with Gasteiger partial charge in [0.25, 0.3) is 0 Å². The first kappa shape index (κ1) is 15.0. The molecule has 0 bridgehead atoms. The summed E-state index contributed by atoms with van der Waals surface area (Å²) in [6.07, 6.45) is 7.63. The van der Waals surface area contributed by atoms with E-state index < -0.39 is 0 Å². The predicted octanol–water partition coefficient (Wildman–Crippen LogP) is 2.93. The number of aliphatic hydroxyl groups is 1. The van der Waals surface area contributed by atoms with Crippen LogP contribution in [-0.4, -0.2) is 45.9 Å². The van der Waals surface area contributed by atoms with E-state index in [4.69, 9.17) is 4.74 Å². The molecular weight excluding hydrogens is 288 g/mol. The second-order valence-electron chi connectivity index (χ2n) is 7.03. The van der Waals surface area contributed by atoms with E-state index in [0.717, 1.165) is 50.9 Å². The highest BCUT2D eigenvalue weighted by molar-refractivity contribution is 5.86. The normalized spacial score (nSPS) is 26.9. The van der Waals surface area contributed by atoms with Gasteiger partial charge in [0.15, 0.2) is 0 Å². The van der Waals surface area contributed by atoms with Crippen molar-refractivity contribution < 1.29 is 9.84 Å². The fraction of sp³-hybridized carbons (Fsp3) is 0.579. The fourth-order valence-electron chi connectivity index (χ4n) is 4.23. The molecule has 2 heterocycles. The summed E-state index contributed by atoms with van der Waals surface area (Å²) < 4.78 is 8.45. The number of rotatable bonds is 3. The Labute approximate surface area is 137 Å². The van der Waals surface area contributed by atoms with Crippen LogP contribution in [0.5, 0.6) is 5.75 Å².